The van der Waals surface area contributed by atoms with Gasteiger partial charge in [0.1, 0.15) is 6.04 Å². The van der Waals surface area contributed by atoms with Crippen LogP contribution in [0.25, 0.3) is 10.9 Å². The van der Waals surface area contributed by atoms with Crippen molar-refractivity contribution in [1.82, 2.24) is 9.88 Å². The second-order valence-electron chi connectivity index (χ2n) is 5.47. The molecular weight excluding hydrogens is 288 g/mol. The molecule has 0 saturated heterocycles. The maximum Gasteiger partial charge on any atom is 0.324 e. The van der Waals surface area contributed by atoms with Crippen LogP contribution in [0.4, 0.5) is 0 Å². The highest BCUT2D eigenvalue weighted by Gasteiger charge is 2.19. The van der Waals surface area contributed by atoms with Crippen LogP contribution in [0.15, 0.2) is 66.9 Å². The number of nitrogens with one attached hydrogen (secondary N) is 1. The third-order valence-electron chi connectivity index (χ3n) is 3.94. The average Bonchev–Trinajstić information content (AvgIpc) is 3.02. The van der Waals surface area contributed by atoms with Gasteiger partial charge in [0.05, 0.1) is 7.11 Å². The van der Waals surface area contributed by atoms with E-state index in [0.717, 1.165) is 11.1 Å². The zero-order valence-electron chi connectivity index (χ0n) is 13.1. The molecule has 1 unspecified atom stereocenters. The molecule has 2 aromatic carbocycles. The first-order valence-electron chi connectivity index (χ1n) is 7.67. The smallest absolute Gasteiger partial charge is 0.324 e. The van der Waals surface area contributed by atoms with Crippen molar-refractivity contribution in [2.24, 2.45) is 0 Å². The van der Waals surface area contributed by atoms with Crippen LogP contribution in [0.2, 0.25) is 0 Å². The summed E-state index contributed by atoms with van der Waals surface area (Å²) in [4.78, 5) is 12.1. The zero-order chi connectivity index (χ0) is 16.1. The maximum absolute atomic E-state index is 12.1. The largest absolute Gasteiger partial charge is 0.468 e. The first-order chi connectivity index (χ1) is 11.3. The minimum absolute atomic E-state index is 0.251. The summed E-state index contributed by atoms with van der Waals surface area (Å²) in [5, 5.41) is 4.46. The number of carbonyl (C=O) groups excluding carboxylic acids is 1. The van der Waals surface area contributed by atoms with E-state index in [4.69, 9.17) is 4.74 Å². The molecule has 1 aromatic heterocycles. The standard InChI is InChI=1S/C19H20N2O2/c1-23-19(22)17(20-13-15-7-3-2-4-8-15)14-21-12-11-16-9-5-6-10-18(16)21/h2-12,17,20H,13-14H2,1H3. The number of rotatable bonds is 6. The van der Waals surface area contributed by atoms with Crippen LogP contribution in [0, 0.1) is 0 Å². The molecule has 3 aromatic rings. The molecule has 0 aliphatic heterocycles. The van der Waals surface area contributed by atoms with Gasteiger partial charge in [-0.05, 0) is 23.1 Å². The molecule has 1 heterocycles. The highest BCUT2D eigenvalue weighted by Crippen LogP contribution is 2.15. The van der Waals surface area contributed by atoms with Gasteiger partial charge in [0.15, 0.2) is 0 Å². The fourth-order valence-corrected chi connectivity index (χ4v) is 2.70. The van der Waals surface area contributed by atoms with E-state index in [-0.39, 0.29) is 5.97 Å². The summed E-state index contributed by atoms with van der Waals surface area (Å²) < 4.78 is 7.03. The number of hydrogen-bond donors (Lipinski definition) is 1. The number of nitrogens with zero attached hydrogens (tertiary/aromatic N) is 1. The van der Waals surface area contributed by atoms with Gasteiger partial charge in [-0.1, -0.05) is 48.5 Å². The van der Waals surface area contributed by atoms with Gasteiger partial charge in [-0.3, -0.25) is 10.1 Å². The first kappa shape index (κ1) is 15.3. The van der Waals surface area contributed by atoms with Gasteiger partial charge in [-0.2, -0.15) is 0 Å². The lowest BCUT2D eigenvalue weighted by Gasteiger charge is -2.18. The predicted molar refractivity (Wildman–Crippen MR) is 91.0 cm³/mol. The van der Waals surface area contributed by atoms with Crippen LogP contribution in [-0.4, -0.2) is 23.7 Å². The summed E-state index contributed by atoms with van der Waals surface area (Å²) in [6.45, 7) is 1.16. The average molecular weight is 308 g/mol. The van der Waals surface area contributed by atoms with Gasteiger partial charge in [0, 0.05) is 24.8 Å². The number of carbonyl (C=O) groups is 1. The molecule has 118 valence electrons. The summed E-state index contributed by atoms with van der Waals surface area (Å²) >= 11 is 0. The lowest BCUT2D eigenvalue weighted by molar-refractivity contribution is -0.143. The van der Waals surface area contributed by atoms with Crippen molar-refractivity contribution in [3.8, 4) is 0 Å². The van der Waals surface area contributed by atoms with E-state index >= 15 is 0 Å². The third kappa shape index (κ3) is 3.60. The number of aromatic nitrogens is 1. The Bertz CT molecular complexity index is 780. The molecule has 3 rings (SSSR count). The molecular formula is C19H20N2O2. The van der Waals surface area contributed by atoms with Gasteiger partial charge >= 0.3 is 5.97 Å². The van der Waals surface area contributed by atoms with Crippen molar-refractivity contribution in [2.45, 2.75) is 19.1 Å². The first-order valence-corrected chi connectivity index (χ1v) is 7.67. The Morgan fingerprint density at radius 1 is 1.09 bits per heavy atom. The van der Waals surface area contributed by atoms with Crippen LogP contribution in [0.1, 0.15) is 5.56 Å². The number of ether oxygens (including phenoxy) is 1. The molecule has 0 spiro atoms. The summed E-state index contributed by atoms with van der Waals surface area (Å²) in [6, 6.07) is 19.8. The Hall–Kier alpha value is -2.59. The summed E-state index contributed by atoms with van der Waals surface area (Å²) in [6.07, 6.45) is 2.00. The van der Waals surface area contributed by atoms with Crippen molar-refractivity contribution in [1.29, 1.82) is 0 Å². The fourth-order valence-electron chi connectivity index (χ4n) is 2.70. The van der Waals surface area contributed by atoms with E-state index in [1.165, 1.54) is 12.5 Å². The molecule has 0 aliphatic rings. The number of para-hydroxylation sites is 1. The SMILES string of the molecule is COC(=O)C(Cn1ccc2ccccc21)NCc1ccccc1. The molecule has 23 heavy (non-hydrogen) atoms. The minimum atomic E-state index is -0.393. The highest BCUT2D eigenvalue weighted by molar-refractivity contribution is 5.80. The Morgan fingerprint density at radius 3 is 2.61 bits per heavy atom. The Morgan fingerprint density at radius 2 is 1.83 bits per heavy atom. The van der Waals surface area contributed by atoms with Gasteiger partial charge in [0.2, 0.25) is 0 Å². The molecule has 0 aliphatic carbocycles. The monoisotopic (exact) mass is 308 g/mol. The number of hydrogen-bond acceptors (Lipinski definition) is 3. The quantitative estimate of drug-likeness (QED) is 0.712. The maximum atomic E-state index is 12.1. The lowest BCUT2D eigenvalue weighted by Crippen LogP contribution is -2.40. The zero-order valence-corrected chi connectivity index (χ0v) is 13.1. The third-order valence-corrected chi connectivity index (χ3v) is 3.94. The molecule has 4 nitrogen and oxygen atoms in total. The normalized spacial score (nSPS) is 12.2. The molecule has 1 atom stereocenters. The molecule has 0 bridgehead atoms. The molecule has 0 fully saturated rings. The van der Waals surface area contributed by atoms with Crippen molar-refractivity contribution in [3.63, 3.8) is 0 Å². The van der Waals surface area contributed by atoms with Crippen LogP contribution in [0.3, 0.4) is 0 Å². The van der Waals surface area contributed by atoms with Crippen molar-refractivity contribution in [2.75, 3.05) is 7.11 Å². The van der Waals surface area contributed by atoms with Crippen LogP contribution in [-0.2, 0) is 22.6 Å². The summed E-state index contributed by atoms with van der Waals surface area (Å²) in [5.41, 5.74) is 2.25. The van der Waals surface area contributed by atoms with E-state index < -0.39 is 6.04 Å². The number of fused-ring (bicyclic) bond motifs is 1. The van der Waals surface area contributed by atoms with Crippen molar-refractivity contribution >= 4 is 16.9 Å². The van der Waals surface area contributed by atoms with E-state index in [1.54, 1.807) is 0 Å². The Balaban J connectivity index is 1.75. The molecule has 0 radical (unpaired) electrons. The van der Waals surface area contributed by atoms with Crippen molar-refractivity contribution < 1.29 is 9.53 Å². The predicted octanol–water partition coefficient (Wildman–Crippen LogP) is 2.97. The van der Waals surface area contributed by atoms with E-state index in [2.05, 4.69) is 28.1 Å². The van der Waals surface area contributed by atoms with Gasteiger partial charge in [-0.15, -0.1) is 0 Å². The second-order valence-corrected chi connectivity index (χ2v) is 5.47. The van der Waals surface area contributed by atoms with Crippen LogP contribution in [0.5, 0.6) is 0 Å². The van der Waals surface area contributed by atoms with Crippen molar-refractivity contribution in [3.05, 3.63) is 72.4 Å². The molecule has 1 N–H and O–H groups in total. The summed E-state index contributed by atoms with van der Waals surface area (Å²) in [5.74, 6) is -0.251. The van der Waals surface area contributed by atoms with E-state index in [9.17, 15) is 4.79 Å². The molecule has 0 amide bonds. The fraction of sp³-hybridized carbons (Fsp3) is 0.211. The molecule has 0 saturated carbocycles. The van der Waals surface area contributed by atoms with Gasteiger partial charge in [0.25, 0.3) is 0 Å². The topological polar surface area (TPSA) is 43.3 Å². The minimum Gasteiger partial charge on any atom is -0.468 e. The lowest BCUT2D eigenvalue weighted by atomic mass is 10.2. The van der Waals surface area contributed by atoms with E-state index in [0.29, 0.717) is 13.1 Å². The van der Waals surface area contributed by atoms with Crippen LogP contribution >= 0.6 is 0 Å². The Labute approximate surface area is 135 Å². The molecule has 4 heteroatoms. The second kappa shape index (κ2) is 7.11. The number of esters is 1. The number of benzene rings is 2. The van der Waals surface area contributed by atoms with Gasteiger partial charge in [-0.25, -0.2) is 0 Å². The Kier molecular flexibility index (Phi) is 4.74. The highest BCUT2D eigenvalue weighted by atomic mass is 16.5. The number of methoxy groups -OCH3 is 1. The van der Waals surface area contributed by atoms with Crippen LogP contribution < -0.4 is 5.32 Å². The van der Waals surface area contributed by atoms with Gasteiger partial charge < -0.3 is 9.30 Å². The van der Waals surface area contributed by atoms with E-state index in [1.807, 2.05) is 48.7 Å². The summed E-state index contributed by atoms with van der Waals surface area (Å²) in [7, 11) is 1.42.